The maximum atomic E-state index is 11.0. The van der Waals surface area contributed by atoms with Gasteiger partial charge in [-0.25, -0.2) is 4.98 Å². The van der Waals surface area contributed by atoms with Crippen LogP contribution in [0, 0.1) is 16.0 Å². The Hall–Kier alpha value is -1.92. The minimum absolute atomic E-state index is 0.0155. The van der Waals surface area contributed by atoms with Gasteiger partial charge in [-0.2, -0.15) is 4.98 Å². The maximum Gasteiger partial charge on any atom is 0.372 e. The average molecular weight is 252 g/mol. The molecule has 1 aliphatic rings. The number of ether oxygens (including phenoxy) is 1. The van der Waals surface area contributed by atoms with E-state index in [4.69, 9.17) is 4.74 Å². The third-order valence-electron chi connectivity index (χ3n) is 3.39. The molecule has 7 nitrogen and oxygen atoms in total. The van der Waals surface area contributed by atoms with Crippen molar-refractivity contribution in [2.45, 2.75) is 32.2 Å². The van der Waals surface area contributed by atoms with E-state index in [0.29, 0.717) is 5.92 Å². The highest BCUT2D eigenvalue weighted by Crippen LogP contribution is 2.34. The van der Waals surface area contributed by atoms with Crippen LogP contribution in [0.1, 0.15) is 26.2 Å². The smallest absolute Gasteiger partial charge is 0.372 e. The molecule has 0 aliphatic heterocycles. The fourth-order valence-corrected chi connectivity index (χ4v) is 2.06. The zero-order valence-electron chi connectivity index (χ0n) is 10.4. The van der Waals surface area contributed by atoms with Crippen molar-refractivity contribution < 1.29 is 9.66 Å². The van der Waals surface area contributed by atoms with Crippen LogP contribution in [0.15, 0.2) is 6.33 Å². The van der Waals surface area contributed by atoms with Gasteiger partial charge in [-0.15, -0.1) is 0 Å². The van der Waals surface area contributed by atoms with Gasteiger partial charge in [0.15, 0.2) is 0 Å². The highest BCUT2D eigenvalue weighted by Gasteiger charge is 2.29. The zero-order chi connectivity index (χ0) is 13.1. The lowest BCUT2D eigenvalue weighted by molar-refractivity contribution is -0.385. The molecule has 1 fully saturated rings. The van der Waals surface area contributed by atoms with Crippen LogP contribution in [0.3, 0.4) is 0 Å². The lowest BCUT2D eigenvalue weighted by Crippen LogP contribution is -2.31. The Morgan fingerprint density at radius 2 is 2.28 bits per heavy atom. The summed E-state index contributed by atoms with van der Waals surface area (Å²) in [6, 6.07) is 0.164. The van der Waals surface area contributed by atoms with Gasteiger partial charge in [0.25, 0.3) is 5.88 Å². The molecule has 2 rings (SSSR count). The summed E-state index contributed by atoms with van der Waals surface area (Å²) < 4.78 is 4.90. The molecule has 1 aliphatic carbocycles. The van der Waals surface area contributed by atoms with Crippen LogP contribution in [0.5, 0.6) is 5.88 Å². The molecular formula is C11H16N4O3. The van der Waals surface area contributed by atoms with Gasteiger partial charge in [-0.1, -0.05) is 6.42 Å². The number of methoxy groups -OCH3 is 1. The molecule has 1 atom stereocenters. The van der Waals surface area contributed by atoms with E-state index in [9.17, 15) is 10.1 Å². The van der Waals surface area contributed by atoms with Gasteiger partial charge in [0.05, 0.1) is 12.0 Å². The van der Waals surface area contributed by atoms with Crippen LogP contribution in [-0.2, 0) is 0 Å². The second-order valence-corrected chi connectivity index (χ2v) is 4.46. The zero-order valence-corrected chi connectivity index (χ0v) is 10.4. The Morgan fingerprint density at radius 3 is 2.78 bits per heavy atom. The molecule has 7 heteroatoms. The van der Waals surface area contributed by atoms with Crippen molar-refractivity contribution in [3.8, 4) is 5.88 Å². The summed E-state index contributed by atoms with van der Waals surface area (Å²) in [5.41, 5.74) is -0.203. The highest BCUT2D eigenvalue weighted by atomic mass is 16.6. The number of nitrogens with zero attached hydrogens (tertiary/aromatic N) is 3. The van der Waals surface area contributed by atoms with E-state index >= 15 is 0 Å². The summed E-state index contributed by atoms with van der Waals surface area (Å²) in [6.07, 6.45) is 4.81. The van der Waals surface area contributed by atoms with Crippen LogP contribution in [0.4, 0.5) is 11.5 Å². The fourth-order valence-electron chi connectivity index (χ4n) is 2.06. The second-order valence-electron chi connectivity index (χ2n) is 4.46. The van der Waals surface area contributed by atoms with Gasteiger partial charge in [0.2, 0.25) is 5.82 Å². The first kappa shape index (κ1) is 12.5. The van der Waals surface area contributed by atoms with Crippen LogP contribution >= 0.6 is 0 Å². The molecule has 0 amide bonds. The lowest BCUT2D eigenvalue weighted by atomic mass is 9.80. The molecule has 0 bridgehead atoms. The van der Waals surface area contributed by atoms with Gasteiger partial charge in [-0.3, -0.25) is 10.1 Å². The van der Waals surface area contributed by atoms with Crippen LogP contribution < -0.4 is 10.1 Å². The minimum Gasteiger partial charge on any atom is -0.476 e. The number of nitro groups is 1. The first-order chi connectivity index (χ1) is 8.63. The summed E-state index contributed by atoms with van der Waals surface area (Å²) >= 11 is 0. The average Bonchev–Trinajstić information content (AvgIpc) is 2.25. The number of anilines is 1. The molecular weight excluding hydrogens is 236 g/mol. The normalized spacial score (nSPS) is 16.8. The summed E-state index contributed by atoms with van der Waals surface area (Å²) in [6.45, 7) is 2.02. The molecule has 0 saturated heterocycles. The van der Waals surface area contributed by atoms with E-state index in [2.05, 4.69) is 15.3 Å². The lowest BCUT2D eigenvalue weighted by Gasteiger charge is -2.31. The Bertz CT molecular complexity index is 448. The number of hydrogen-bond acceptors (Lipinski definition) is 6. The second kappa shape index (κ2) is 5.16. The molecule has 1 aromatic heterocycles. The third-order valence-corrected chi connectivity index (χ3v) is 3.39. The topological polar surface area (TPSA) is 90.2 Å². The van der Waals surface area contributed by atoms with Crippen molar-refractivity contribution in [2.75, 3.05) is 12.4 Å². The van der Waals surface area contributed by atoms with Crippen molar-refractivity contribution in [2.24, 2.45) is 5.92 Å². The number of aromatic nitrogens is 2. The van der Waals surface area contributed by atoms with Crippen molar-refractivity contribution in [3.05, 3.63) is 16.4 Å². The first-order valence-corrected chi connectivity index (χ1v) is 5.93. The van der Waals surface area contributed by atoms with Gasteiger partial charge in [-0.05, 0) is 25.7 Å². The Kier molecular flexibility index (Phi) is 3.59. The van der Waals surface area contributed by atoms with E-state index < -0.39 is 4.92 Å². The number of nitrogens with one attached hydrogen (secondary N) is 1. The van der Waals surface area contributed by atoms with Crippen molar-refractivity contribution in [3.63, 3.8) is 0 Å². The van der Waals surface area contributed by atoms with E-state index in [0.717, 1.165) is 12.8 Å². The molecule has 1 unspecified atom stereocenters. The molecule has 1 heterocycles. The summed E-state index contributed by atoms with van der Waals surface area (Å²) in [5.74, 6) is 0.773. The van der Waals surface area contributed by atoms with Crippen LogP contribution in [-0.4, -0.2) is 28.0 Å². The van der Waals surface area contributed by atoms with Gasteiger partial charge < -0.3 is 10.1 Å². The van der Waals surface area contributed by atoms with E-state index in [-0.39, 0.29) is 23.4 Å². The first-order valence-electron chi connectivity index (χ1n) is 5.93. The van der Waals surface area contributed by atoms with Crippen molar-refractivity contribution >= 4 is 11.5 Å². The van der Waals surface area contributed by atoms with Gasteiger partial charge >= 0.3 is 5.69 Å². The number of hydrogen-bond donors (Lipinski definition) is 1. The monoisotopic (exact) mass is 252 g/mol. The molecule has 0 radical (unpaired) electrons. The number of rotatable bonds is 5. The predicted molar refractivity (Wildman–Crippen MR) is 65.7 cm³/mol. The highest BCUT2D eigenvalue weighted by molar-refractivity contribution is 5.61. The summed E-state index contributed by atoms with van der Waals surface area (Å²) in [4.78, 5) is 18.2. The fraction of sp³-hybridized carbons (Fsp3) is 0.636. The van der Waals surface area contributed by atoms with E-state index in [1.54, 1.807) is 0 Å². The Labute approximate surface area is 105 Å². The third kappa shape index (κ3) is 2.34. The molecule has 1 saturated carbocycles. The Morgan fingerprint density at radius 1 is 1.56 bits per heavy atom. The van der Waals surface area contributed by atoms with Crippen LogP contribution in [0.2, 0.25) is 0 Å². The molecule has 98 valence electrons. The van der Waals surface area contributed by atoms with Gasteiger partial charge in [0, 0.05) is 6.04 Å². The molecule has 18 heavy (non-hydrogen) atoms. The summed E-state index contributed by atoms with van der Waals surface area (Å²) in [7, 11) is 1.36. The molecule has 0 aromatic carbocycles. The van der Waals surface area contributed by atoms with E-state index in [1.165, 1.54) is 19.9 Å². The standard InChI is InChI=1S/C11H16N4O3/c1-7(8-4-3-5-8)14-10-9(15(16)17)11(18-2)13-6-12-10/h6-8H,3-5H2,1-2H3,(H,12,13,14). The van der Waals surface area contributed by atoms with Crippen molar-refractivity contribution in [1.82, 2.24) is 9.97 Å². The molecule has 1 N–H and O–H groups in total. The largest absolute Gasteiger partial charge is 0.476 e. The van der Waals surface area contributed by atoms with Crippen LogP contribution in [0.25, 0.3) is 0 Å². The predicted octanol–water partition coefficient (Wildman–Crippen LogP) is 1.99. The van der Waals surface area contributed by atoms with Crippen molar-refractivity contribution in [1.29, 1.82) is 0 Å². The van der Waals surface area contributed by atoms with E-state index in [1.807, 2.05) is 6.92 Å². The summed E-state index contributed by atoms with van der Waals surface area (Å²) in [5, 5.41) is 14.1. The minimum atomic E-state index is -0.519. The SMILES string of the molecule is COc1ncnc(NC(C)C2CCC2)c1[N+](=O)[O-]. The van der Waals surface area contributed by atoms with Gasteiger partial charge in [0.1, 0.15) is 6.33 Å². The quantitative estimate of drug-likeness (QED) is 0.636. The maximum absolute atomic E-state index is 11.0. The molecule has 1 aromatic rings. The Balaban J connectivity index is 2.23. The molecule has 0 spiro atoms.